The Morgan fingerprint density at radius 2 is 2.28 bits per heavy atom. The number of hydrogen-bond donors (Lipinski definition) is 1. The number of carbonyl (C=O) groups excluding carboxylic acids is 1. The molecular formula is C12H15ClFO4+. The van der Waals surface area contributed by atoms with E-state index in [9.17, 15) is 14.3 Å². The summed E-state index contributed by atoms with van der Waals surface area (Å²) in [5.41, 5.74) is -0.129. The molecule has 100 valence electrons. The van der Waals surface area contributed by atoms with Crippen molar-refractivity contribution in [3.05, 3.63) is 28.0 Å². The highest BCUT2D eigenvalue weighted by Gasteiger charge is 2.26. The third-order valence-electron chi connectivity index (χ3n) is 2.40. The highest BCUT2D eigenvalue weighted by atomic mass is 35.5. The second-order valence-corrected chi connectivity index (χ2v) is 4.08. The maximum Gasteiger partial charge on any atom is 0.174 e. The quantitative estimate of drug-likeness (QED) is 0.659. The number of carbonyl (C=O) groups is 1. The normalized spacial score (nSPS) is 12.3. The van der Waals surface area contributed by atoms with E-state index in [1.54, 1.807) is 6.92 Å². The van der Waals surface area contributed by atoms with Crippen LogP contribution in [0.1, 0.15) is 35.9 Å². The van der Waals surface area contributed by atoms with E-state index in [1.165, 1.54) is 13.0 Å². The van der Waals surface area contributed by atoms with Gasteiger partial charge in [0.05, 0.1) is 22.8 Å². The molecule has 1 rings (SSSR count). The van der Waals surface area contributed by atoms with Gasteiger partial charge in [-0.05, 0) is 19.9 Å². The Hall–Kier alpha value is -1.17. The largest absolute Gasteiger partial charge is 0.493 e. The van der Waals surface area contributed by atoms with Crippen molar-refractivity contribution in [2.24, 2.45) is 0 Å². The molecule has 0 fully saturated rings. The summed E-state index contributed by atoms with van der Waals surface area (Å²) in [5.74, 6) is -1.24. The van der Waals surface area contributed by atoms with Crippen molar-refractivity contribution in [3.8, 4) is 5.75 Å². The Kier molecular flexibility index (Phi) is 5.07. The van der Waals surface area contributed by atoms with E-state index < -0.39 is 18.5 Å². The summed E-state index contributed by atoms with van der Waals surface area (Å²) in [5, 5.41) is 16.5. The number of ketones is 1. The number of aliphatic hydroxyl groups excluding tert-OH is 1. The van der Waals surface area contributed by atoms with E-state index in [-0.39, 0.29) is 34.3 Å². The van der Waals surface area contributed by atoms with E-state index in [0.29, 0.717) is 0 Å². The first-order chi connectivity index (χ1) is 8.43. The summed E-state index contributed by atoms with van der Waals surface area (Å²) in [7, 11) is 0. The zero-order chi connectivity index (χ0) is 13.9. The van der Waals surface area contributed by atoms with Crippen molar-refractivity contribution < 1.29 is 24.1 Å². The second-order valence-electron chi connectivity index (χ2n) is 3.67. The monoisotopic (exact) mass is 277 g/mol. The van der Waals surface area contributed by atoms with E-state index in [0.717, 1.165) is 0 Å². The van der Waals surface area contributed by atoms with Crippen LogP contribution in [0.15, 0.2) is 6.07 Å². The average Bonchev–Trinajstić information content (AvgIpc) is 2.33. The summed E-state index contributed by atoms with van der Waals surface area (Å²) < 4.78 is 19.1. The van der Waals surface area contributed by atoms with Gasteiger partial charge in [-0.1, -0.05) is 11.6 Å². The van der Waals surface area contributed by atoms with Gasteiger partial charge < -0.3 is 14.9 Å². The molecule has 6 heteroatoms. The summed E-state index contributed by atoms with van der Waals surface area (Å²) in [6.07, 6.45) is -1.39. The molecule has 0 spiro atoms. The molecule has 0 bridgehead atoms. The van der Waals surface area contributed by atoms with Crippen LogP contribution in [0, 0.1) is 5.82 Å². The molecular weight excluding hydrogens is 263 g/mol. The standard InChI is InChI=1S/C12H14ClFO4/c1-3-18-12-7(6(2)16)4-8(13)11(14)10(12)9(17)5-15/h4,9,15,17H,3,5H2,1-2H3/p+1. The molecule has 1 aromatic rings. The third kappa shape index (κ3) is 2.80. The number of Topliss-reactive ketones (excluding diaryl/α,β-unsaturated/α-hetero) is 1. The van der Waals surface area contributed by atoms with Crippen molar-refractivity contribution in [1.29, 1.82) is 0 Å². The van der Waals surface area contributed by atoms with Gasteiger partial charge in [0.15, 0.2) is 24.3 Å². The highest BCUT2D eigenvalue weighted by Crippen LogP contribution is 2.36. The van der Waals surface area contributed by atoms with Crippen molar-refractivity contribution in [3.63, 3.8) is 0 Å². The van der Waals surface area contributed by atoms with Gasteiger partial charge in [-0.2, -0.15) is 0 Å². The van der Waals surface area contributed by atoms with Gasteiger partial charge in [0.1, 0.15) is 5.75 Å². The predicted molar refractivity (Wildman–Crippen MR) is 66.0 cm³/mol. The summed E-state index contributed by atoms with van der Waals surface area (Å²) in [6, 6.07) is 1.17. The number of ether oxygens (including phenoxy) is 1. The lowest BCUT2D eigenvalue weighted by Crippen LogP contribution is -2.12. The number of halogens is 2. The lowest BCUT2D eigenvalue weighted by molar-refractivity contribution is 0.0889. The number of hydrogen-bond acceptors (Lipinski definition) is 3. The Balaban J connectivity index is 3.57. The highest BCUT2D eigenvalue weighted by molar-refractivity contribution is 6.31. The topological polar surface area (TPSA) is 69.4 Å². The molecule has 0 aromatic heterocycles. The van der Waals surface area contributed by atoms with Crippen molar-refractivity contribution >= 4 is 17.4 Å². The number of aliphatic hydroxyl groups is 1. The van der Waals surface area contributed by atoms with Crippen LogP contribution in [-0.4, -0.2) is 29.2 Å². The van der Waals surface area contributed by atoms with Crippen LogP contribution in [0.25, 0.3) is 0 Å². The van der Waals surface area contributed by atoms with Gasteiger partial charge in [-0.25, -0.2) is 4.39 Å². The van der Waals surface area contributed by atoms with Crippen LogP contribution >= 0.6 is 11.6 Å². The molecule has 1 atom stereocenters. The minimum atomic E-state index is -1.39. The van der Waals surface area contributed by atoms with Crippen LogP contribution < -0.4 is 4.74 Å². The summed E-state index contributed by atoms with van der Waals surface area (Å²) >= 11 is 5.68. The number of rotatable bonds is 5. The Labute approximate surface area is 109 Å². The van der Waals surface area contributed by atoms with Gasteiger partial charge >= 0.3 is 0 Å². The first-order valence-corrected chi connectivity index (χ1v) is 5.80. The summed E-state index contributed by atoms with van der Waals surface area (Å²) in [4.78, 5) is 11.5. The predicted octanol–water partition coefficient (Wildman–Crippen LogP) is 1.84. The van der Waals surface area contributed by atoms with Gasteiger partial charge in [0.2, 0.25) is 0 Å². The lowest BCUT2D eigenvalue weighted by atomic mass is 10.0. The average molecular weight is 278 g/mol. The molecule has 0 aliphatic heterocycles. The molecule has 0 heterocycles. The van der Waals surface area contributed by atoms with E-state index in [1.807, 2.05) is 0 Å². The lowest BCUT2D eigenvalue weighted by Gasteiger charge is -2.17. The molecule has 0 aliphatic carbocycles. The maximum absolute atomic E-state index is 13.9. The Morgan fingerprint density at radius 1 is 1.67 bits per heavy atom. The van der Waals surface area contributed by atoms with E-state index >= 15 is 0 Å². The molecule has 0 saturated heterocycles. The second kappa shape index (κ2) is 6.13. The minimum Gasteiger partial charge on any atom is -0.493 e. The molecule has 0 aliphatic rings. The van der Waals surface area contributed by atoms with E-state index in [4.69, 9.17) is 21.4 Å². The van der Waals surface area contributed by atoms with Crippen LogP contribution in [0.2, 0.25) is 5.02 Å². The van der Waals surface area contributed by atoms with Crippen molar-refractivity contribution in [2.45, 2.75) is 20.0 Å². The first kappa shape index (κ1) is 14.9. The minimum absolute atomic E-state index is 0.0355. The van der Waals surface area contributed by atoms with Crippen LogP contribution in [0.4, 0.5) is 4.39 Å². The summed E-state index contributed by atoms with van der Waals surface area (Å²) in [6.45, 7) is 2.73. The van der Waals surface area contributed by atoms with Gasteiger partial charge in [0.25, 0.3) is 0 Å². The fraction of sp³-hybridized carbons (Fsp3) is 0.417. The molecule has 4 nitrogen and oxygen atoms in total. The van der Waals surface area contributed by atoms with Crippen LogP contribution in [0.3, 0.4) is 0 Å². The first-order valence-electron chi connectivity index (χ1n) is 5.42. The number of benzene rings is 1. The fourth-order valence-corrected chi connectivity index (χ4v) is 1.80. The van der Waals surface area contributed by atoms with Gasteiger partial charge in [-0.15, -0.1) is 0 Å². The SMILES string of the molecule is CCOc1c(C(C)=O)cc(Cl)c(F)c1C(O)C[OH2+]. The molecule has 1 aromatic carbocycles. The zero-order valence-electron chi connectivity index (χ0n) is 10.1. The molecule has 3 N–H and O–H groups in total. The van der Waals surface area contributed by atoms with Gasteiger partial charge in [0, 0.05) is 0 Å². The van der Waals surface area contributed by atoms with Crippen molar-refractivity contribution in [2.75, 3.05) is 13.2 Å². The van der Waals surface area contributed by atoms with Crippen molar-refractivity contribution in [1.82, 2.24) is 0 Å². The molecule has 0 amide bonds. The maximum atomic E-state index is 13.9. The third-order valence-corrected chi connectivity index (χ3v) is 2.68. The zero-order valence-corrected chi connectivity index (χ0v) is 10.8. The smallest absolute Gasteiger partial charge is 0.174 e. The fourth-order valence-electron chi connectivity index (χ4n) is 1.59. The molecule has 18 heavy (non-hydrogen) atoms. The van der Waals surface area contributed by atoms with E-state index in [2.05, 4.69) is 0 Å². The molecule has 1 unspecified atom stereocenters. The Bertz CT molecular complexity index is 462. The van der Waals surface area contributed by atoms with Crippen LogP contribution in [-0.2, 0) is 0 Å². The van der Waals surface area contributed by atoms with Gasteiger partial charge in [-0.3, -0.25) is 4.79 Å². The Morgan fingerprint density at radius 3 is 2.72 bits per heavy atom. The molecule has 0 radical (unpaired) electrons. The van der Waals surface area contributed by atoms with Crippen LogP contribution in [0.5, 0.6) is 5.75 Å². The molecule has 0 saturated carbocycles.